The van der Waals surface area contributed by atoms with Gasteiger partial charge in [-0.1, -0.05) is 69.2 Å². The average molecular weight is 269 g/mol. The Labute approximate surface area is 116 Å². The van der Waals surface area contributed by atoms with E-state index in [4.69, 9.17) is 11.6 Å². The van der Waals surface area contributed by atoms with Crippen molar-refractivity contribution in [1.82, 2.24) is 0 Å². The number of aliphatic hydroxyl groups is 1. The van der Waals surface area contributed by atoms with Crippen LogP contribution in [0.4, 0.5) is 0 Å². The van der Waals surface area contributed by atoms with Crippen LogP contribution in [0, 0.1) is 0 Å². The maximum atomic E-state index is 10.5. The standard InChI is InChI=1S/C16H25ClO/c1-3-4-5-6-7-8-12-16(2,18)14-10-9-11-15(17)13-14/h9-11,13,18H,3-8,12H2,1-2H3. The van der Waals surface area contributed by atoms with Gasteiger partial charge >= 0.3 is 0 Å². The van der Waals surface area contributed by atoms with E-state index in [2.05, 4.69) is 6.92 Å². The summed E-state index contributed by atoms with van der Waals surface area (Å²) in [5.74, 6) is 0. The topological polar surface area (TPSA) is 20.2 Å². The van der Waals surface area contributed by atoms with Crippen LogP contribution in [0.25, 0.3) is 0 Å². The molecular weight excluding hydrogens is 244 g/mol. The van der Waals surface area contributed by atoms with Crippen molar-refractivity contribution in [2.45, 2.75) is 64.4 Å². The first-order valence-electron chi connectivity index (χ1n) is 7.04. The first kappa shape index (κ1) is 15.5. The van der Waals surface area contributed by atoms with E-state index in [-0.39, 0.29) is 0 Å². The Morgan fingerprint density at radius 2 is 1.78 bits per heavy atom. The van der Waals surface area contributed by atoms with Crippen molar-refractivity contribution < 1.29 is 5.11 Å². The van der Waals surface area contributed by atoms with E-state index in [1.54, 1.807) is 0 Å². The summed E-state index contributed by atoms with van der Waals surface area (Å²) in [7, 11) is 0. The minimum absolute atomic E-state index is 0.690. The second kappa shape index (κ2) is 7.81. The van der Waals surface area contributed by atoms with Crippen molar-refractivity contribution in [3.8, 4) is 0 Å². The summed E-state index contributed by atoms with van der Waals surface area (Å²) in [4.78, 5) is 0. The Kier molecular flexibility index (Phi) is 6.73. The molecule has 1 N–H and O–H groups in total. The number of unbranched alkanes of at least 4 members (excludes halogenated alkanes) is 5. The Balaban J connectivity index is 2.35. The highest BCUT2D eigenvalue weighted by Gasteiger charge is 2.22. The third-order valence-electron chi connectivity index (χ3n) is 3.46. The second-order valence-electron chi connectivity index (χ2n) is 5.30. The van der Waals surface area contributed by atoms with E-state index in [1.165, 1.54) is 32.1 Å². The molecule has 1 rings (SSSR count). The molecule has 0 amide bonds. The van der Waals surface area contributed by atoms with Gasteiger partial charge in [-0.05, 0) is 31.0 Å². The zero-order chi connectivity index (χ0) is 13.4. The largest absolute Gasteiger partial charge is 0.385 e. The van der Waals surface area contributed by atoms with Crippen molar-refractivity contribution in [3.05, 3.63) is 34.9 Å². The van der Waals surface area contributed by atoms with E-state index in [1.807, 2.05) is 31.2 Å². The number of halogens is 1. The van der Waals surface area contributed by atoms with Gasteiger partial charge in [0, 0.05) is 5.02 Å². The van der Waals surface area contributed by atoms with Crippen LogP contribution in [0.15, 0.2) is 24.3 Å². The summed E-state index contributed by atoms with van der Waals surface area (Å²) in [5.41, 5.74) is 0.166. The molecule has 1 unspecified atom stereocenters. The molecule has 0 saturated carbocycles. The number of benzene rings is 1. The van der Waals surface area contributed by atoms with Crippen molar-refractivity contribution in [3.63, 3.8) is 0 Å². The van der Waals surface area contributed by atoms with Crippen LogP contribution in [0.5, 0.6) is 0 Å². The normalized spacial score (nSPS) is 14.4. The molecule has 0 spiro atoms. The third-order valence-corrected chi connectivity index (χ3v) is 3.70. The fourth-order valence-corrected chi connectivity index (χ4v) is 2.41. The summed E-state index contributed by atoms with van der Waals surface area (Å²) in [5, 5.41) is 11.1. The Morgan fingerprint density at radius 3 is 2.44 bits per heavy atom. The zero-order valence-electron chi connectivity index (χ0n) is 11.6. The fraction of sp³-hybridized carbons (Fsp3) is 0.625. The van der Waals surface area contributed by atoms with Crippen molar-refractivity contribution in [2.24, 2.45) is 0 Å². The van der Waals surface area contributed by atoms with E-state index in [0.29, 0.717) is 5.02 Å². The van der Waals surface area contributed by atoms with Gasteiger partial charge < -0.3 is 5.11 Å². The molecule has 0 bridgehead atoms. The molecule has 1 atom stereocenters. The van der Waals surface area contributed by atoms with Gasteiger partial charge in [-0.3, -0.25) is 0 Å². The van der Waals surface area contributed by atoms with Gasteiger partial charge in [-0.25, -0.2) is 0 Å². The predicted molar refractivity (Wildman–Crippen MR) is 79.0 cm³/mol. The molecule has 1 aromatic carbocycles. The fourth-order valence-electron chi connectivity index (χ4n) is 2.22. The minimum Gasteiger partial charge on any atom is -0.385 e. The molecule has 0 saturated heterocycles. The van der Waals surface area contributed by atoms with Gasteiger partial charge in [0.15, 0.2) is 0 Å². The van der Waals surface area contributed by atoms with Crippen LogP contribution in [-0.4, -0.2) is 5.11 Å². The highest BCUT2D eigenvalue weighted by molar-refractivity contribution is 6.30. The van der Waals surface area contributed by atoms with E-state index < -0.39 is 5.60 Å². The van der Waals surface area contributed by atoms with Crippen LogP contribution in [0.1, 0.15) is 64.4 Å². The van der Waals surface area contributed by atoms with Gasteiger partial charge in [0.1, 0.15) is 0 Å². The second-order valence-corrected chi connectivity index (χ2v) is 5.74. The third kappa shape index (κ3) is 5.41. The van der Waals surface area contributed by atoms with Crippen LogP contribution in [-0.2, 0) is 5.60 Å². The molecule has 0 fully saturated rings. The number of hydrogen-bond acceptors (Lipinski definition) is 1. The lowest BCUT2D eigenvalue weighted by molar-refractivity contribution is 0.0448. The van der Waals surface area contributed by atoms with Gasteiger partial charge in [-0.2, -0.15) is 0 Å². The highest BCUT2D eigenvalue weighted by atomic mass is 35.5. The minimum atomic E-state index is -0.754. The quantitative estimate of drug-likeness (QED) is 0.635. The summed E-state index contributed by atoms with van der Waals surface area (Å²) in [6.45, 7) is 4.11. The summed E-state index contributed by atoms with van der Waals surface area (Å²) in [6, 6.07) is 7.54. The summed E-state index contributed by atoms with van der Waals surface area (Å²) >= 11 is 5.96. The van der Waals surface area contributed by atoms with Crippen LogP contribution >= 0.6 is 11.6 Å². The lowest BCUT2D eigenvalue weighted by Gasteiger charge is -2.24. The average Bonchev–Trinajstić information content (AvgIpc) is 2.33. The molecule has 0 aliphatic rings. The molecular formula is C16H25ClO. The maximum absolute atomic E-state index is 10.5. The van der Waals surface area contributed by atoms with Crippen molar-refractivity contribution in [2.75, 3.05) is 0 Å². The van der Waals surface area contributed by atoms with E-state index in [9.17, 15) is 5.11 Å². The number of hydrogen-bond donors (Lipinski definition) is 1. The molecule has 1 nitrogen and oxygen atoms in total. The van der Waals surface area contributed by atoms with Gasteiger partial charge in [0.25, 0.3) is 0 Å². The smallest absolute Gasteiger partial charge is 0.0869 e. The van der Waals surface area contributed by atoms with Crippen molar-refractivity contribution in [1.29, 1.82) is 0 Å². The summed E-state index contributed by atoms with van der Waals surface area (Å²) in [6.07, 6.45) is 8.28. The van der Waals surface area contributed by atoms with E-state index in [0.717, 1.165) is 18.4 Å². The monoisotopic (exact) mass is 268 g/mol. The lowest BCUT2D eigenvalue weighted by atomic mass is 9.90. The molecule has 0 aromatic heterocycles. The molecule has 18 heavy (non-hydrogen) atoms. The molecule has 0 aliphatic heterocycles. The van der Waals surface area contributed by atoms with Crippen LogP contribution in [0.2, 0.25) is 5.02 Å². The SMILES string of the molecule is CCCCCCCCC(C)(O)c1cccc(Cl)c1. The van der Waals surface area contributed by atoms with Crippen molar-refractivity contribution >= 4 is 11.6 Å². The lowest BCUT2D eigenvalue weighted by Crippen LogP contribution is -2.20. The van der Waals surface area contributed by atoms with Gasteiger partial charge in [-0.15, -0.1) is 0 Å². The maximum Gasteiger partial charge on any atom is 0.0869 e. The first-order valence-corrected chi connectivity index (χ1v) is 7.42. The van der Waals surface area contributed by atoms with Gasteiger partial charge in [0.05, 0.1) is 5.60 Å². The Hall–Kier alpha value is -0.530. The first-order chi connectivity index (χ1) is 8.56. The molecule has 2 heteroatoms. The molecule has 102 valence electrons. The van der Waals surface area contributed by atoms with Crippen LogP contribution < -0.4 is 0 Å². The highest BCUT2D eigenvalue weighted by Crippen LogP contribution is 2.28. The summed E-state index contributed by atoms with van der Waals surface area (Å²) < 4.78 is 0. The molecule has 1 aromatic rings. The number of rotatable bonds is 8. The molecule has 0 aliphatic carbocycles. The molecule has 0 radical (unpaired) electrons. The van der Waals surface area contributed by atoms with Crippen LogP contribution in [0.3, 0.4) is 0 Å². The van der Waals surface area contributed by atoms with Gasteiger partial charge in [0.2, 0.25) is 0 Å². The van der Waals surface area contributed by atoms with E-state index >= 15 is 0 Å². The Bertz CT molecular complexity index is 347. The molecule has 0 heterocycles. The zero-order valence-corrected chi connectivity index (χ0v) is 12.3. The predicted octanol–water partition coefficient (Wildman–Crippen LogP) is 5.30. The Morgan fingerprint density at radius 1 is 1.11 bits per heavy atom.